The largest absolute Gasteiger partial charge is 0.351 e. The van der Waals surface area contributed by atoms with E-state index < -0.39 is 5.95 Å². The third kappa shape index (κ3) is 3.89. The number of pyridine rings is 1. The lowest BCUT2D eigenvalue weighted by Gasteiger charge is -2.05. The van der Waals surface area contributed by atoms with Gasteiger partial charge >= 0.3 is 0 Å². The summed E-state index contributed by atoms with van der Waals surface area (Å²) >= 11 is 3.16. The first-order chi connectivity index (χ1) is 7.65. The molecule has 0 bridgehead atoms. The Morgan fingerprint density at radius 2 is 2.25 bits per heavy atom. The van der Waals surface area contributed by atoms with Crippen LogP contribution in [-0.2, 0) is 0 Å². The molecule has 0 atom stereocenters. The van der Waals surface area contributed by atoms with Gasteiger partial charge in [0.15, 0.2) is 0 Å². The molecular weight excluding hydrogens is 275 g/mol. The van der Waals surface area contributed by atoms with Gasteiger partial charge < -0.3 is 5.32 Å². The highest BCUT2D eigenvalue weighted by molar-refractivity contribution is 9.10. The van der Waals surface area contributed by atoms with Gasteiger partial charge in [0.25, 0.3) is 5.91 Å². The molecule has 0 aliphatic carbocycles. The van der Waals surface area contributed by atoms with Crippen molar-refractivity contribution in [3.63, 3.8) is 0 Å². The first-order valence-corrected chi connectivity index (χ1v) is 6.04. The minimum absolute atomic E-state index is 0.0940. The maximum atomic E-state index is 12.8. The lowest BCUT2D eigenvalue weighted by atomic mass is 10.2. The number of rotatable bonds is 5. The van der Waals surface area contributed by atoms with E-state index in [4.69, 9.17) is 0 Å². The number of hydrogen-bond donors (Lipinski definition) is 1. The van der Waals surface area contributed by atoms with Crippen molar-refractivity contribution < 1.29 is 9.18 Å². The smallest absolute Gasteiger partial charge is 0.271 e. The number of hydrogen-bond acceptors (Lipinski definition) is 2. The second-order valence-electron chi connectivity index (χ2n) is 3.43. The van der Waals surface area contributed by atoms with Gasteiger partial charge in [-0.15, -0.1) is 0 Å². The van der Waals surface area contributed by atoms with Crippen molar-refractivity contribution in [2.24, 2.45) is 0 Å². The number of aromatic nitrogens is 1. The molecule has 0 aliphatic rings. The van der Waals surface area contributed by atoms with Crippen molar-refractivity contribution in [1.29, 1.82) is 0 Å². The number of carbonyl (C=O) groups is 1. The summed E-state index contributed by atoms with van der Waals surface area (Å²) in [6.45, 7) is 2.68. The Balaban J connectivity index is 2.55. The zero-order valence-corrected chi connectivity index (χ0v) is 10.7. The molecule has 0 aromatic carbocycles. The van der Waals surface area contributed by atoms with Crippen molar-refractivity contribution in [2.45, 2.75) is 26.2 Å². The molecule has 5 heteroatoms. The summed E-state index contributed by atoms with van der Waals surface area (Å²) < 4.78 is 13.3. The molecule has 0 fully saturated rings. The number of nitrogens with one attached hydrogen (secondary N) is 1. The third-order valence-electron chi connectivity index (χ3n) is 2.09. The summed E-state index contributed by atoms with van der Waals surface area (Å²) in [7, 11) is 0. The Bertz CT molecular complexity index is 371. The van der Waals surface area contributed by atoms with Crippen molar-refractivity contribution in [3.05, 3.63) is 28.2 Å². The predicted octanol–water partition coefficient (Wildman–Crippen LogP) is 2.90. The van der Waals surface area contributed by atoms with Crippen LogP contribution in [0.25, 0.3) is 0 Å². The van der Waals surface area contributed by atoms with Crippen molar-refractivity contribution in [1.82, 2.24) is 10.3 Å². The Hall–Kier alpha value is -0.970. The van der Waals surface area contributed by atoms with E-state index >= 15 is 0 Å². The number of carbonyl (C=O) groups excluding carboxylic acids is 1. The van der Waals surface area contributed by atoms with Gasteiger partial charge in [-0.05, 0) is 34.5 Å². The molecule has 3 nitrogen and oxygen atoms in total. The van der Waals surface area contributed by atoms with E-state index in [0.29, 0.717) is 11.0 Å². The fourth-order valence-corrected chi connectivity index (χ4v) is 1.64. The van der Waals surface area contributed by atoms with Gasteiger partial charge in [0.1, 0.15) is 5.69 Å². The molecule has 0 spiro atoms. The summed E-state index contributed by atoms with van der Waals surface area (Å²) in [6.07, 6.45) is 3.09. The van der Waals surface area contributed by atoms with E-state index in [1.165, 1.54) is 12.1 Å². The molecule has 1 aromatic rings. The fraction of sp³-hybridized carbons (Fsp3) is 0.455. The lowest BCUT2D eigenvalue weighted by molar-refractivity contribution is 0.0946. The first kappa shape index (κ1) is 13.1. The van der Waals surface area contributed by atoms with Crippen LogP contribution in [0.15, 0.2) is 16.6 Å². The van der Waals surface area contributed by atoms with Gasteiger partial charge in [-0.1, -0.05) is 19.8 Å². The van der Waals surface area contributed by atoms with Crippen LogP contribution < -0.4 is 5.32 Å². The standard InChI is InChI=1S/C11H14BrFN2O/c1-2-3-4-7-14-11(16)10-8(12)5-6-9(13)15-10/h5-6H,2-4,7H2,1H3,(H,14,16). The highest BCUT2D eigenvalue weighted by atomic mass is 79.9. The minimum atomic E-state index is -0.651. The van der Waals surface area contributed by atoms with Crippen LogP contribution in [0.4, 0.5) is 4.39 Å². The van der Waals surface area contributed by atoms with Crippen LogP contribution in [-0.4, -0.2) is 17.4 Å². The molecule has 1 amide bonds. The maximum Gasteiger partial charge on any atom is 0.271 e. The van der Waals surface area contributed by atoms with Gasteiger partial charge in [-0.2, -0.15) is 4.39 Å². The van der Waals surface area contributed by atoms with Crippen LogP contribution in [0, 0.1) is 5.95 Å². The molecule has 0 saturated heterocycles. The number of nitrogens with zero attached hydrogens (tertiary/aromatic N) is 1. The molecule has 88 valence electrons. The molecule has 16 heavy (non-hydrogen) atoms. The number of amides is 1. The quantitative estimate of drug-likeness (QED) is 0.669. The number of halogens is 2. The Morgan fingerprint density at radius 1 is 1.50 bits per heavy atom. The third-order valence-corrected chi connectivity index (χ3v) is 2.73. The molecule has 1 aromatic heterocycles. The van der Waals surface area contributed by atoms with Gasteiger partial charge in [0.05, 0.1) is 0 Å². The summed E-state index contributed by atoms with van der Waals surface area (Å²) in [4.78, 5) is 15.2. The summed E-state index contributed by atoms with van der Waals surface area (Å²) in [5.74, 6) is -0.996. The SMILES string of the molecule is CCCCCNC(=O)c1nc(F)ccc1Br. The van der Waals surface area contributed by atoms with Crippen LogP contribution >= 0.6 is 15.9 Å². The molecule has 0 radical (unpaired) electrons. The summed E-state index contributed by atoms with van der Waals surface area (Å²) in [5, 5.41) is 2.70. The van der Waals surface area contributed by atoms with Gasteiger partial charge in [0.2, 0.25) is 5.95 Å². The van der Waals surface area contributed by atoms with E-state index in [-0.39, 0.29) is 11.6 Å². The van der Waals surface area contributed by atoms with Crippen LogP contribution in [0.1, 0.15) is 36.7 Å². The van der Waals surface area contributed by atoms with E-state index in [0.717, 1.165) is 19.3 Å². The zero-order valence-electron chi connectivity index (χ0n) is 9.09. The Morgan fingerprint density at radius 3 is 2.94 bits per heavy atom. The van der Waals surface area contributed by atoms with Gasteiger partial charge in [-0.3, -0.25) is 4.79 Å². The molecular formula is C11H14BrFN2O. The molecule has 1 rings (SSSR count). The molecule has 1 N–H and O–H groups in total. The average Bonchev–Trinajstić information content (AvgIpc) is 2.27. The Labute approximate surface area is 103 Å². The van der Waals surface area contributed by atoms with Crippen molar-refractivity contribution in [2.75, 3.05) is 6.54 Å². The lowest BCUT2D eigenvalue weighted by Crippen LogP contribution is -2.26. The maximum absolute atomic E-state index is 12.8. The second kappa shape index (κ2) is 6.58. The fourth-order valence-electron chi connectivity index (χ4n) is 1.24. The van der Waals surface area contributed by atoms with E-state index in [2.05, 4.69) is 33.2 Å². The second-order valence-corrected chi connectivity index (χ2v) is 4.28. The average molecular weight is 289 g/mol. The summed E-state index contributed by atoms with van der Waals surface area (Å²) in [5.41, 5.74) is 0.0940. The number of unbranched alkanes of at least 4 members (excludes halogenated alkanes) is 2. The monoisotopic (exact) mass is 288 g/mol. The highest BCUT2D eigenvalue weighted by Crippen LogP contribution is 2.14. The van der Waals surface area contributed by atoms with E-state index in [1.54, 1.807) is 0 Å². The molecule has 0 saturated carbocycles. The zero-order chi connectivity index (χ0) is 12.0. The molecule has 1 heterocycles. The first-order valence-electron chi connectivity index (χ1n) is 5.25. The van der Waals surface area contributed by atoms with Crippen LogP contribution in [0.2, 0.25) is 0 Å². The van der Waals surface area contributed by atoms with Crippen LogP contribution in [0.3, 0.4) is 0 Å². The van der Waals surface area contributed by atoms with Gasteiger partial charge in [0, 0.05) is 11.0 Å². The molecule has 0 unspecified atom stereocenters. The van der Waals surface area contributed by atoms with Gasteiger partial charge in [-0.25, -0.2) is 4.98 Å². The van der Waals surface area contributed by atoms with Crippen LogP contribution in [0.5, 0.6) is 0 Å². The van der Waals surface area contributed by atoms with E-state index in [1.807, 2.05) is 0 Å². The highest BCUT2D eigenvalue weighted by Gasteiger charge is 2.11. The summed E-state index contributed by atoms with van der Waals surface area (Å²) in [6, 6.07) is 2.68. The minimum Gasteiger partial charge on any atom is -0.351 e. The normalized spacial score (nSPS) is 10.2. The van der Waals surface area contributed by atoms with Crippen molar-refractivity contribution in [3.8, 4) is 0 Å². The van der Waals surface area contributed by atoms with E-state index in [9.17, 15) is 9.18 Å². The molecule has 0 aliphatic heterocycles. The predicted molar refractivity (Wildman–Crippen MR) is 63.8 cm³/mol. The topological polar surface area (TPSA) is 42.0 Å². The van der Waals surface area contributed by atoms with Crippen molar-refractivity contribution >= 4 is 21.8 Å². The Kier molecular flexibility index (Phi) is 5.38.